The van der Waals surface area contributed by atoms with Crippen LogP contribution in [0.2, 0.25) is 0 Å². The number of hydrogen-bond acceptors (Lipinski definition) is 3. The number of carboxylic acid groups (broad SMARTS) is 1. The van der Waals surface area contributed by atoms with Gasteiger partial charge in [0.2, 0.25) is 11.6 Å². The van der Waals surface area contributed by atoms with Crippen LogP contribution in [0.15, 0.2) is 36.4 Å². The van der Waals surface area contributed by atoms with Gasteiger partial charge in [-0.25, -0.2) is 0 Å². The summed E-state index contributed by atoms with van der Waals surface area (Å²) in [7, 11) is 0. The second-order valence-electron chi connectivity index (χ2n) is 5.22. The molecule has 0 aliphatic heterocycles. The van der Waals surface area contributed by atoms with E-state index >= 15 is 0 Å². The molecule has 1 unspecified atom stereocenters. The average molecular weight is 268 g/mol. The van der Waals surface area contributed by atoms with Gasteiger partial charge in [-0.1, -0.05) is 30.3 Å². The molecule has 0 radical (unpaired) electrons. The molecule has 1 atom stereocenters. The SMILES string of the molecule is CC1(C(=O)O)C(=O)C(=O)Cc2cc3ccccc3cc21. The van der Waals surface area contributed by atoms with Crippen molar-refractivity contribution in [2.45, 2.75) is 18.8 Å². The Labute approximate surface area is 115 Å². The molecule has 0 bridgehead atoms. The van der Waals surface area contributed by atoms with E-state index in [2.05, 4.69) is 0 Å². The first kappa shape index (κ1) is 12.5. The van der Waals surface area contributed by atoms with Gasteiger partial charge in [0.1, 0.15) is 0 Å². The molecule has 0 aromatic heterocycles. The quantitative estimate of drug-likeness (QED) is 0.633. The van der Waals surface area contributed by atoms with Crippen molar-refractivity contribution in [3.63, 3.8) is 0 Å². The van der Waals surface area contributed by atoms with E-state index < -0.39 is 23.0 Å². The number of carbonyl (C=O) groups is 3. The molecule has 0 spiro atoms. The van der Waals surface area contributed by atoms with E-state index in [1.165, 1.54) is 6.92 Å². The van der Waals surface area contributed by atoms with Crippen molar-refractivity contribution in [2.75, 3.05) is 0 Å². The average Bonchev–Trinajstić information content (AvgIpc) is 2.43. The Morgan fingerprint density at radius 1 is 1.15 bits per heavy atom. The van der Waals surface area contributed by atoms with E-state index in [1.807, 2.05) is 24.3 Å². The van der Waals surface area contributed by atoms with Crippen LogP contribution in [0.3, 0.4) is 0 Å². The normalized spacial score (nSPS) is 21.9. The summed E-state index contributed by atoms with van der Waals surface area (Å²) in [6.45, 7) is 1.31. The molecule has 0 saturated heterocycles. The van der Waals surface area contributed by atoms with Gasteiger partial charge in [0.25, 0.3) is 0 Å². The molecule has 1 aliphatic rings. The molecule has 3 rings (SSSR count). The van der Waals surface area contributed by atoms with E-state index in [0.717, 1.165) is 10.8 Å². The Hall–Kier alpha value is -2.49. The van der Waals surface area contributed by atoms with E-state index in [0.29, 0.717) is 11.1 Å². The molecule has 0 fully saturated rings. The zero-order chi connectivity index (χ0) is 14.5. The van der Waals surface area contributed by atoms with Gasteiger partial charge in [-0.2, -0.15) is 0 Å². The molecular formula is C16H12O4. The van der Waals surface area contributed by atoms with Crippen molar-refractivity contribution in [1.29, 1.82) is 0 Å². The van der Waals surface area contributed by atoms with Crippen LogP contribution in [0.1, 0.15) is 18.1 Å². The first-order valence-corrected chi connectivity index (χ1v) is 6.28. The van der Waals surface area contributed by atoms with Crippen LogP contribution in [0, 0.1) is 0 Å². The highest BCUT2D eigenvalue weighted by molar-refractivity contribution is 6.46. The van der Waals surface area contributed by atoms with Crippen molar-refractivity contribution in [1.82, 2.24) is 0 Å². The van der Waals surface area contributed by atoms with Crippen molar-refractivity contribution in [3.8, 4) is 0 Å². The van der Waals surface area contributed by atoms with Gasteiger partial charge in [-0.3, -0.25) is 14.4 Å². The number of fused-ring (bicyclic) bond motifs is 2. The summed E-state index contributed by atoms with van der Waals surface area (Å²) in [5.74, 6) is -2.77. The van der Waals surface area contributed by atoms with Crippen LogP contribution in [0.5, 0.6) is 0 Å². The molecule has 100 valence electrons. The van der Waals surface area contributed by atoms with Gasteiger partial charge in [-0.15, -0.1) is 0 Å². The van der Waals surface area contributed by atoms with E-state index in [9.17, 15) is 19.5 Å². The molecule has 2 aromatic carbocycles. The lowest BCUT2D eigenvalue weighted by atomic mass is 9.69. The third kappa shape index (κ3) is 1.51. The largest absolute Gasteiger partial charge is 0.480 e. The third-order valence-corrected chi connectivity index (χ3v) is 4.00. The molecule has 1 N–H and O–H groups in total. The highest BCUT2D eigenvalue weighted by atomic mass is 16.4. The number of carbonyl (C=O) groups excluding carboxylic acids is 2. The van der Waals surface area contributed by atoms with Gasteiger partial charge >= 0.3 is 5.97 Å². The summed E-state index contributed by atoms with van der Waals surface area (Å²) in [4.78, 5) is 35.4. The fourth-order valence-electron chi connectivity index (χ4n) is 2.77. The molecule has 0 amide bonds. The van der Waals surface area contributed by atoms with E-state index in [-0.39, 0.29) is 6.42 Å². The van der Waals surface area contributed by atoms with Crippen LogP contribution in [-0.2, 0) is 26.2 Å². The number of carboxylic acids is 1. The van der Waals surface area contributed by atoms with Crippen molar-refractivity contribution >= 4 is 28.3 Å². The minimum Gasteiger partial charge on any atom is -0.480 e. The van der Waals surface area contributed by atoms with Crippen LogP contribution >= 0.6 is 0 Å². The van der Waals surface area contributed by atoms with Crippen molar-refractivity contribution in [2.24, 2.45) is 0 Å². The maximum Gasteiger partial charge on any atom is 0.321 e. The van der Waals surface area contributed by atoms with Gasteiger partial charge in [-0.05, 0) is 34.9 Å². The molecular weight excluding hydrogens is 256 g/mol. The number of Topliss-reactive ketones (excluding diaryl/α,β-unsaturated/α-hetero) is 2. The summed E-state index contributed by atoms with van der Waals surface area (Å²) in [6.07, 6.45) is -0.0259. The number of hydrogen-bond donors (Lipinski definition) is 1. The van der Waals surface area contributed by atoms with Gasteiger partial charge < -0.3 is 5.11 Å². The van der Waals surface area contributed by atoms with E-state index in [4.69, 9.17) is 0 Å². The van der Waals surface area contributed by atoms with Crippen LogP contribution in [-0.4, -0.2) is 22.6 Å². The Bertz CT molecular complexity index is 775. The van der Waals surface area contributed by atoms with Crippen molar-refractivity contribution in [3.05, 3.63) is 47.5 Å². The highest BCUT2D eigenvalue weighted by Crippen LogP contribution is 2.36. The predicted molar refractivity (Wildman–Crippen MR) is 72.7 cm³/mol. The number of rotatable bonds is 1. The zero-order valence-corrected chi connectivity index (χ0v) is 10.8. The molecule has 0 saturated carbocycles. The smallest absolute Gasteiger partial charge is 0.321 e. The lowest BCUT2D eigenvalue weighted by Gasteiger charge is -2.30. The summed E-state index contributed by atoms with van der Waals surface area (Å²) in [5.41, 5.74) is -0.735. The van der Waals surface area contributed by atoms with Gasteiger partial charge in [0, 0.05) is 6.42 Å². The second-order valence-corrected chi connectivity index (χ2v) is 5.22. The molecule has 2 aromatic rings. The topological polar surface area (TPSA) is 71.4 Å². The number of aliphatic carboxylic acids is 1. The predicted octanol–water partition coefficient (Wildman–Crippen LogP) is 1.88. The second kappa shape index (κ2) is 4.00. The zero-order valence-electron chi connectivity index (χ0n) is 10.8. The van der Waals surface area contributed by atoms with Gasteiger partial charge in [0.15, 0.2) is 5.41 Å². The molecule has 1 aliphatic carbocycles. The Balaban J connectivity index is 2.37. The molecule has 0 heterocycles. The Morgan fingerprint density at radius 3 is 2.35 bits per heavy atom. The summed E-state index contributed by atoms with van der Waals surface area (Å²) in [5, 5.41) is 11.2. The maximum absolute atomic E-state index is 12.1. The number of ketones is 2. The summed E-state index contributed by atoms with van der Waals surface area (Å²) < 4.78 is 0. The van der Waals surface area contributed by atoms with Crippen LogP contribution in [0.4, 0.5) is 0 Å². The number of benzene rings is 2. The van der Waals surface area contributed by atoms with Crippen molar-refractivity contribution < 1.29 is 19.5 Å². The molecule has 4 heteroatoms. The fourth-order valence-corrected chi connectivity index (χ4v) is 2.77. The van der Waals surface area contributed by atoms with Gasteiger partial charge in [0.05, 0.1) is 0 Å². The molecule has 4 nitrogen and oxygen atoms in total. The molecule has 20 heavy (non-hydrogen) atoms. The standard InChI is InChI=1S/C16H12O4/c1-16(15(19)20)12-7-10-5-3-2-4-9(10)6-11(12)8-13(17)14(16)18/h2-7H,8H2,1H3,(H,19,20). The first-order chi connectivity index (χ1) is 9.44. The van der Waals surface area contributed by atoms with Crippen LogP contribution < -0.4 is 0 Å². The maximum atomic E-state index is 12.1. The minimum atomic E-state index is -1.78. The summed E-state index contributed by atoms with van der Waals surface area (Å²) >= 11 is 0. The Kier molecular flexibility index (Phi) is 2.51. The highest BCUT2D eigenvalue weighted by Gasteiger charge is 2.50. The minimum absolute atomic E-state index is 0.0259. The third-order valence-electron chi connectivity index (χ3n) is 4.00. The lowest BCUT2D eigenvalue weighted by Crippen LogP contribution is -2.49. The van der Waals surface area contributed by atoms with Crippen LogP contribution in [0.25, 0.3) is 10.8 Å². The summed E-state index contributed by atoms with van der Waals surface area (Å²) in [6, 6.07) is 11.0. The first-order valence-electron chi connectivity index (χ1n) is 6.28. The monoisotopic (exact) mass is 268 g/mol. The fraction of sp³-hybridized carbons (Fsp3) is 0.188. The lowest BCUT2D eigenvalue weighted by molar-refractivity contribution is -0.152. The Morgan fingerprint density at radius 2 is 1.75 bits per heavy atom. The van der Waals surface area contributed by atoms with E-state index in [1.54, 1.807) is 12.1 Å².